The molecule has 0 bridgehead atoms. The van der Waals surface area contributed by atoms with Crippen LogP contribution in [0.4, 0.5) is 5.69 Å². The predicted octanol–water partition coefficient (Wildman–Crippen LogP) is 4.71. The van der Waals surface area contributed by atoms with E-state index in [0.717, 1.165) is 33.7 Å². The fraction of sp³-hybridized carbons (Fsp3) is 0.333. The van der Waals surface area contributed by atoms with Crippen molar-refractivity contribution in [3.05, 3.63) is 64.2 Å². The molecule has 2 rings (SSSR count). The van der Waals surface area contributed by atoms with Crippen molar-refractivity contribution in [2.24, 2.45) is 0 Å². The van der Waals surface area contributed by atoms with Crippen LogP contribution < -0.4 is 4.90 Å². The van der Waals surface area contributed by atoms with E-state index >= 15 is 0 Å². The first kappa shape index (κ1) is 19.3. The van der Waals surface area contributed by atoms with E-state index in [4.69, 9.17) is 0 Å². The summed E-state index contributed by atoms with van der Waals surface area (Å²) in [7, 11) is 1.80. The highest BCUT2D eigenvalue weighted by molar-refractivity contribution is 7.99. The van der Waals surface area contributed by atoms with Gasteiger partial charge in [-0.2, -0.15) is 0 Å². The molecule has 0 saturated heterocycles. The second-order valence-electron chi connectivity index (χ2n) is 6.33. The highest BCUT2D eigenvalue weighted by Crippen LogP contribution is 2.26. The number of anilines is 1. The van der Waals surface area contributed by atoms with Gasteiger partial charge in [0.2, 0.25) is 5.91 Å². The van der Waals surface area contributed by atoms with Crippen molar-refractivity contribution in [3.63, 3.8) is 0 Å². The maximum absolute atomic E-state index is 12.4. The number of benzene rings is 2. The molecular weight excluding hydrogens is 330 g/mol. The Bertz CT molecular complexity index is 784. The number of para-hydroxylation sites is 1. The van der Waals surface area contributed by atoms with Crippen molar-refractivity contribution < 1.29 is 9.59 Å². The number of hydrogen-bond acceptors (Lipinski definition) is 3. The van der Waals surface area contributed by atoms with E-state index in [9.17, 15) is 9.59 Å². The van der Waals surface area contributed by atoms with E-state index in [1.54, 1.807) is 30.6 Å². The molecule has 2 aromatic carbocycles. The molecule has 0 atom stereocenters. The van der Waals surface area contributed by atoms with Crippen molar-refractivity contribution in [2.45, 2.75) is 33.4 Å². The summed E-state index contributed by atoms with van der Waals surface area (Å²) in [6.45, 7) is 7.66. The van der Waals surface area contributed by atoms with Gasteiger partial charge in [-0.1, -0.05) is 24.3 Å². The second kappa shape index (κ2) is 8.34. The number of carbonyl (C=O) groups is 2. The maximum atomic E-state index is 12.4. The molecule has 2 aromatic rings. The van der Waals surface area contributed by atoms with Crippen LogP contribution >= 0.6 is 11.8 Å². The summed E-state index contributed by atoms with van der Waals surface area (Å²) in [4.78, 5) is 26.0. The molecule has 3 nitrogen and oxygen atoms in total. The molecule has 0 unspecified atom stereocenters. The molecule has 0 heterocycles. The lowest BCUT2D eigenvalue weighted by Crippen LogP contribution is -2.27. The minimum atomic E-state index is 0.0745. The fourth-order valence-electron chi connectivity index (χ4n) is 3.12. The summed E-state index contributed by atoms with van der Waals surface area (Å²) in [5.41, 5.74) is 6.12. The number of Topliss-reactive ketones (excluding diaryl/α,β-unsaturated/α-hetero) is 1. The van der Waals surface area contributed by atoms with Gasteiger partial charge in [0.25, 0.3) is 0 Å². The smallest absolute Gasteiger partial charge is 0.236 e. The van der Waals surface area contributed by atoms with Crippen molar-refractivity contribution in [3.8, 4) is 0 Å². The number of ketones is 1. The van der Waals surface area contributed by atoms with Gasteiger partial charge in [0.05, 0.1) is 5.75 Å². The van der Waals surface area contributed by atoms with E-state index in [-0.39, 0.29) is 11.7 Å². The van der Waals surface area contributed by atoms with Crippen molar-refractivity contribution in [1.29, 1.82) is 0 Å². The average Bonchev–Trinajstić information content (AvgIpc) is 2.57. The van der Waals surface area contributed by atoms with Crippen molar-refractivity contribution in [2.75, 3.05) is 17.7 Å². The van der Waals surface area contributed by atoms with Gasteiger partial charge in [-0.3, -0.25) is 9.59 Å². The van der Waals surface area contributed by atoms with E-state index in [1.165, 1.54) is 5.56 Å². The summed E-state index contributed by atoms with van der Waals surface area (Å²) < 4.78 is 0. The molecule has 0 radical (unpaired) electrons. The van der Waals surface area contributed by atoms with Gasteiger partial charge in [0, 0.05) is 24.1 Å². The molecule has 0 saturated carbocycles. The summed E-state index contributed by atoms with van der Waals surface area (Å²) in [5, 5.41) is 0. The van der Waals surface area contributed by atoms with Crippen LogP contribution in [0.2, 0.25) is 0 Å². The Morgan fingerprint density at radius 1 is 1.04 bits per heavy atom. The molecule has 1 amide bonds. The first-order valence-electron chi connectivity index (χ1n) is 8.33. The van der Waals surface area contributed by atoms with Gasteiger partial charge >= 0.3 is 0 Å². The lowest BCUT2D eigenvalue weighted by molar-refractivity contribution is -0.115. The highest BCUT2D eigenvalue weighted by atomic mass is 32.2. The highest BCUT2D eigenvalue weighted by Gasteiger charge is 2.15. The van der Waals surface area contributed by atoms with Crippen molar-refractivity contribution in [1.82, 2.24) is 0 Å². The zero-order valence-corrected chi connectivity index (χ0v) is 16.4. The molecule has 0 aliphatic rings. The third-order valence-corrected chi connectivity index (χ3v) is 5.42. The van der Waals surface area contributed by atoms with Crippen LogP contribution in [0.3, 0.4) is 0 Å². The van der Waals surface area contributed by atoms with Gasteiger partial charge in [-0.25, -0.2) is 0 Å². The second-order valence-corrected chi connectivity index (χ2v) is 7.31. The van der Waals surface area contributed by atoms with Crippen LogP contribution in [-0.4, -0.2) is 24.5 Å². The molecule has 0 spiro atoms. The molecule has 0 aliphatic carbocycles. The SMILES string of the molecule is CC(=O)c1c(C)cc(C)c(CSCC(=O)N(C)c2ccccc2)c1C. The van der Waals surface area contributed by atoms with Crippen LogP contribution in [0.1, 0.15) is 39.5 Å². The largest absolute Gasteiger partial charge is 0.315 e. The lowest BCUT2D eigenvalue weighted by atomic mass is 9.92. The normalized spacial score (nSPS) is 10.6. The van der Waals surface area contributed by atoms with Crippen LogP contribution in [-0.2, 0) is 10.5 Å². The summed E-state index contributed by atoms with van der Waals surface area (Å²) in [6, 6.07) is 11.7. The monoisotopic (exact) mass is 355 g/mol. The van der Waals surface area contributed by atoms with Gasteiger partial charge in [0.1, 0.15) is 0 Å². The molecule has 0 fully saturated rings. The Hall–Kier alpha value is -2.07. The van der Waals surface area contributed by atoms with Crippen molar-refractivity contribution >= 4 is 29.1 Å². The lowest BCUT2D eigenvalue weighted by Gasteiger charge is -2.18. The molecule has 132 valence electrons. The third kappa shape index (κ3) is 4.51. The number of amides is 1. The Labute approximate surface area is 154 Å². The molecule has 0 N–H and O–H groups in total. The Morgan fingerprint density at radius 3 is 2.28 bits per heavy atom. The number of rotatable bonds is 6. The Morgan fingerprint density at radius 2 is 1.68 bits per heavy atom. The van der Waals surface area contributed by atoms with Gasteiger partial charge in [-0.05, 0) is 62.1 Å². The molecular formula is C21H25NO2S. The molecule has 0 aromatic heterocycles. The molecule has 25 heavy (non-hydrogen) atoms. The topological polar surface area (TPSA) is 37.4 Å². The predicted molar refractivity (Wildman–Crippen MR) is 107 cm³/mol. The Balaban J connectivity index is 2.06. The van der Waals surface area contributed by atoms with E-state index in [2.05, 4.69) is 13.0 Å². The third-order valence-electron chi connectivity index (χ3n) is 4.47. The summed E-state index contributed by atoms with van der Waals surface area (Å²) in [6.07, 6.45) is 0. The van der Waals surface area contributed by atoms with E-state index in [0.29, 0.717) is 5.75 Å². The Kier molecular flexibility index (Phi) is 6.43. The standard InChI is InChI=1S/C21H25NO2S/c1-14-11-15(2)21(17(4)23)16(3)19(14)12-25-13-20(24)22(5)18-9-7-6-8-10-18/h6-11H,12-13H2,1-5H3. The minimum absolute atomic E-state index is 0.0745. The van der Waals surface area contributed by atoms with Crippen LogP contribution in [0, 0.1) is 20.8 Å². The number of nitrogens with zero attached hydrogens (tertiary/aromatic N) is 1. The van der Waals surface area contributed by atoms with Gasteiger partial charge in [-0.15, -0.1) is 11.8 Å². The fourth-order valence-corrected chi connectivity index (χ4v) is 4.24. The number of hydrogen-bond donors (Lipinski definition) is 0. The summed E-state index contributed by atoms with van der Waals surface area (Å²) >= 11 is 1.59. The first-order chi connectivity index (χ1) is 11.8. The molecule has 0 aliphatic heterocycles. The van der Waals surface area contributed by atoms with Crippen LogP contribution in [0.25, 0.3) is 0 Å². The quantitative estimate of drug-likeness (QED) is 0.704. The number of aryl methyl sites for hydroxylation is 2. The van der Waals surface area contributed by atoms with Crippen LogP contribution in [0.5, 0.6) is 0 Å². The minimum Gasteiger partial charge on any atom is -0.315 e. The summed E-state index contributed by atoms with van der Waals surface area (Å²) in [5.74, 6) is 1.31. The number of carbonyl (C=O) groups excluding carboxylic acids is 2. The zero-order valence-electron chi connectivity index (χ0n) is 15.6. The van der Waals surface area contributed by atoms with Gasteiger partial charge < -0.3 is 4.90 Å². The maximum Gasteiger partial charge on any atom is 0.236 e. The van der Waals surface area contributed by atoms with E-state index < -0.39 is 0 Å². The zero-order chi connectivity index (χ0) is 18.6. The molecule has 4 heteroatoms. The first-order valence-corrected chi connectivity index (χ1v) is 9.48. The number of thioether (sulfide) groups is 1. The van der Waals surface area contributed by atoms with E-state index in [1.807, 2.05) is 44.2 Å². The average molecular weight is 356 g/mol. The van der Waals surface area contributed by atoms with Crippen LogP contribution in [0.15, 0.2) is 36.4 Å². The van der Waals surface area contributed by atoms with Gasteiger partial charge in [0.15, 0.2) is 5.78 Å².